The Morgan fingerprint density at radius 1 is 1.47 bits per heavy atom. The molecule has 1 aromatic heterocycles. The van der Waals surface area contributed by atoms with E-state index in [0.29, 0.717) is 34.7 Å². The first-order valence-corrected chi connectivity index (χ1v) is 6.24. The minimum atomic E-state index is -0.187. The van der Waals surface area contributed by atoms with Gasteiger partial charge in [0, 0.05) is 18.8 Å². The summed E-state index contributed by atoms with van der Waals surface area (Å²) < 4.78 is 0. The van der Waals surface area contributed by atoms with Crippen LogP contribution in [0.25, 0.3) is 10.9 Å². The average molecular weight is 278 g/mol. The first-order chi connectivity index (χ1) is 9.20. The Labute approximate surface area is 114 Å². The third kappa shape index (κ3) is 3.49. The molecule has 0 amide bonds. The molecule has 4 N–H and O–H groups in total. The Morgan fingerprint density at radius 2 is 2.32 bits per heavy atom. The lowest BCUT2D eigenvalue weighted by Crippen LogP contribution is -2.29. The summed E-state index contributed by atoms with van der Waals surface area (Å²) in [5, 5.41) is 15.6. The topological polar surface area (TPSA) is 90.0 Å². The highest BCUT2D eigenvalue weighted by atomic mass is 32.1. The minimum Gasteiger partial charge on any atom is -0.396 e. The van der Waals surface area contributed by atoms with Gasteiger partial charge in [0.2, 0.25) is 0 Å². The predicted octanol–water partition coefficient (Wildman–Crippen LogP) is 0.592. The van der Waals surface area contributed by atoms with Crippen molar-refractivity contribution in [1.29, 1.82) is 0 Å². The number of aromatic amines is 1. The van der Waals surface area contributed by atoms with E-state index < -0.39 is 0 Å². The lowest BCUT2D eigenvalue weighted by molar-refractivity contribution is 0.289. The molecular weight excluding hydrogens is 264 g/mol. The molecular formula is C12H14N4O2S. The van der Waals surface area contributed by atoms with Crippen LogP contribution in [-0.2, 0) is 0 Å². The van der Waals surface area contributed by atoms with Gasteiger partial charge >= 0.3 is 0 Å². The molecule has 2 rings (SSSR count). The van der Waals surface area contributed by atoms with Crippen LogP contribution in [-0.4, -0.2) is 33.3 Å². The highest BCUT2D eigenvalue weighted by Gasteiger charge is 2.02. The van der Waals surface area contributed by atoms with Crippen molar-refractivity contribution < 1.29 is 5.11 Å². The third-order valence-corrected chi connectivity index (χ3v) is 2.77. The number of aliphatic hydroxyl groups excluding tert-OH is 1. The first-order valence-electron chi connectivity index (χ1n) is 5.84. The minimum absolute atomic E-state index is 0.118. The van der Waals surface area contributed by atoms with E-state index in [1.165, 1.54) is 6.33 Å². The maximum absolute atomic E-state index is 11.6. The van der Waals surface area contributed by atoms with Gasteiger partial charge in [-0.2, -0.15) is 0 Å². The van der Waals surface area contributed by atoms with Crippen LogP contribution >= 0.6 is 12.2 Å². The Hall–Kier alpha value is -1.99. The van der Waals surface area contributed by atoms with E-state index in [0.717, 1.165) is 0 Å². The van der Waals surface area contributed by atoms with Gasteiger partial charge in [-0.25, -0.2) is 4.98 Å². The summed E-state index contributed by atoms with van der Waals surface area (Å²) >= 11 is 5.10. The Morgan fingerprint density at radius 3 is 3.11 bits per heavy atom. The van der Waals surface area contributed by atoms with Crippen LogP contribution in [0, 0.1) is 0 Å². The van der Waals surface area contributed by atoms with Gasteiger partial charge in [0.25, 0.3) is 5.56 Å². The Bertz CT molecular complexity index is 641. The molecule has 0 radical (unpaired) electrons. The van der Waals surface area contributed by atoms with Gasteiger partial charge in [0.15, 0.2) is 5.11 Å². The maximum Gasteiger partial charge on any atom is 0.258 e. The van der Waals surface area contributed by atoms with Gasteiger partial charge in [-0.1, -0.05) is 0 Å². The van der Waals surface area contributed by atoms with Crippen LogP contribution in [0.1, 0.15) is 6.42 Å². The summed E-state index contributed by atoms with van der Waals surface area (Å²) in [7, 11) is 0. The highest BCUT2D eigenvalue weighted by Crippen LogP contribution is 2.13. The van der Waals surface area contributed by atoms with Gasteiger partial charge in [0.05, 0.1) is 17.2 Å². The summed E-state index contributed by atoms with van der Waals surface area (Å²) in [6.07, 6.45) is 2.00. The fourth-order valence-electron chi connectivity index (χ4n) is 1.60. The molecule has 0 spiro atoms. The average Bonchev–Trinajstić information content (AvgIpc) is 2.40. The lowest BCUT2D eigenvalue weighted by Gasteiger charge is -2.10. The van der Waals surface area contributed by atoms with Crippen LogP contribution in [0.2, 0.25) is 0 Å². The zero-order chi connectivity index (χ0) is 13.7. The number of hydrogen-bond acceptors (Lipinski definition) is 4. The molecule has 0 aliphatic rings. The lowest BCUT2D eigenvalue weighted by atomic mass is 10.2. The zero-order valence-electron chi connectivity index (χ0n) is 10.1. The maximum atomic E-state index is 11.6. The summed E-state index contributed by atoms with van der Waals surface area (Å²) in [4.78, 5) is 18.2. The summed E-state index contributed by atoms with van der Waals surface area (Å²) in [6, 6.07) is 5.25. The molecule has 0 atom stereocenters. The van der Waals surface area contributed by atoms with Crippen LogP contribution in [0.15, 0.2) is 29.3 Å². The van der Waals surface area contributed by atoms with E-state index >= 15 is 0 Å². The molecule has 1 heterocycles. The summed E-state index contributed by atoms with van der Waals surface area (Å²) in [5.41, 5.74) is 1.16. The van der Waals surface area contributed by atoms with Crippen LogP contribution in [0.5, 0.6) is 0 Å². The van der Waals surface area contributed by atoms with E-state index in [-0.39, 0.29) is 12.2 Å². The highest BCUT2D eigenvalue weighted by molar-refractivity contribution is 7.80. The van der Waals surface area contributed by atoms with Crippen LogP contribution < -0.4 is 16.2 Å². The summed E-state index contributed by atoms with van der Waals surface area (Å²) in [5.74, 6) is 0. The van der Waals surface area contributed by atoms with E-state index in [1.54, 1.807) is 18.2 Å². The first kappa shape index (κ1) is 13.4. The smallest absolute Gasteiger partial charge is 0.258 e. The molecule has 0 aliphatic heterocycles. The predicted molar refractivity (Wildman–Crippen MR) is 78.3 cm³/mol. The number of fused-ring (bicyclic) bond motifs is 1. The molecule has 0 aliphatic carbocycles. The number of nitrogens with zero attached hydrogens (tertiary/aromatic N) is 1. The monoisotopic (exact) mass is 278 g/mol. The number of hydrogen-bond donors (Lipinski definition) is 4. The van der Waals surface area contributed by atoms with Gasteiger partial charge in [-0.3, -0.25) is 4.79 Å². The molecule has 6 nitrogen and oxygen atoms in total. The molecule has 7 heteroatoms. The summed E-state index contributed by atoms with van der Waals surface area (Å²) in [6.45, 7) is 0.713. The van der Waals surface area contributed by atoms with Crippen molar-refractivity contribution in [3.05, 3.63) is 34.9 Å². The van der Waals surface area contributed by atoms with E-state index in [1.807, 2.05) is 0 Å². The standard InChI is InChI=1S/C12H14N4O2S/c17-5-1-4-13-12(19)16-8-2-3-10-9(6-8)11(18)15-7-14-10/h2-3,6-7,17H,1,4-5H2,(H2,13,16,19)(H,14,15,18). The fraction of sp³-hybridized carbons (Fsp3) is 0.250. The molecule has 0 fully saturated rings. The normalized spacial score (nSPS) is 10.4. The van der Waals surface area contributed by atoms with Gasteiger partial charge in [-0.15, -0.1) is 0 Å². The van der Waals surface area contributed by atoms with Crippen molar-refractivity contribution in [2.45, 2.75) is 6.42 Å². The molecule has 0 saturated carbocycles. The molecule has 0 saturated heterocycles. The van der Waals surface area contributed by atoms with Crippen molar-refractivity contribution in [2.75, 3.05) is 18.5 Å². The number of H-pyrrole nitrogens is 1. The van der Waals surface area contributed by atoms with Crippen LogP contribution in [0.4, 0.5) is 5.69 Å². The van der Waals surface area contributed by atoms with Crippen molar-refractivity contribution in [1.82, 2.24) is 15.3 Å². The Balaban J connectivity index is 2.11. The van der Waals surface area contributed by atoms with E-state index in [2.05, 4.69) is 20.6 Å². The largest absolute Gasteiger partial charge is 0.396 e. The number of thiocarbonyl (C=S) groups is 1. The second kappa shape index (κ2) is 6.26. The van der Waals surface area contributed by atoms with E-state index in [9.17, 15) is 4.79 Å². The molecule has 2 aromatic rings. The number of nitrogens with one attached hydrogen (secondary N) is 3. The van der Waals surface area contributed by atoms with Crippen molar-refractivity contribution in [3.8, 4) is 0 Å². The van der Waals surface area contributed by atoms with Gasteiger partial charge in [0.1, 0.15) is 0 Å². The Kier molecular flexibility index (Phi) is 4.43. The molecule has 0 bridgehead atoms. The van der Waals surface area contributed by atoms with Crippen molar-refractivity contribution in [3.63, 3.8) is 0 Å². The molecule has 1 aromatic carbocycles. The number of aliphatic hydroxyl groups is 1. The molecule has 0 unspecified atom stereocenters. The number of rotatable bonds is 4. The molecule has 19 heavy (non-hydrogen) atoms. The number of aromatic nitrogens is 2. The second-order valence-electron chi connectivity index (χ2n) is 3.92. The second-order valence-corrected chi connectivity index (χ2v) is 4.33. The number of benzene rings is 1. The SMILES string of the molecule is O=c1[nH]cnc2ccc(NC(=S)NCCCO)cc12. The third-order valence-electron chi connectivity index (χ3n) is 2.52. The fourth-order valence-corrected chi connectivity index (χ4v) is 1.82. The van der Waals surface area contributed by atoms with Crippen molar-refractivity contribution in [2.24, 2.45) is 0 Å². The number of anilines is 1. The van der Waals surface area contributed by atoms with E-state index in [4.69, 9.17) is 17.3 Å². The zero-order valence-corrected chi connectivity index (χ0v) is 11.0. The van der Waals surface area contributed by atoms with Crippen LogP contribution in [0.3, 0.4) is 0 Å². The molecule has 100 valence electrons. The quantitative estimate of drug-likeness (QED) is 0.483. The van der Waals surface area contributed by atoms with Gasteiger partial charge < -0.3 is 20.7 Å². The van der Waals surface area contributed by atoms with Crippen molar-refractivity contribution >= 4 is 33.9 Å². The van der Waals surface area contributed by atoms with Gasteiger partial charge in [-0.05, 0) is 36.8 Å².